The zero-order valence-electron chi connectivity index (χ0n) is 21.0. The Balaban J connectivity index is 1.37. The third kappa shape index (κ3) is 4.73. The van der Waals surface area contributed by atoms with Crippen molar-refractivity contribution in [2.75, 3.05) is 30.0 Å². The van der Waals surface area contributed by atoms with Crippen LogP contribution in [0.5, 0.6) is 5.75 Å². The van der Waals surface area contributed by atoms with Crippen LogP contribution < -0.4 is 14.5 Å². The fraction of sp³-hybridized carbons (Fsp3) is 0.357. The Morgan fingerprint density at radius 3 is 2.68 bits per heavy atom. The standard InChI is InChI=1S/C28H29FN4O4/c1-3-33-26-21(28(36)32(2)22-9-11-24(29)31-27(22)33)14-17(16-30-26)12-13-37-23-10-8-18(15-25(34)35)19-6-4-5-7-20(19)23/h8-11,14,16H,3-7,12-13,15H2,1-2H3,(H,34,35). The molecule has 8 nitrogen and oxygen atoms in total. The van der Waals surface area contributed by atoms with Gasteiger partial charge in [0, 0.05) is 26.2 Å². The highest BCUT2D eigenvalue weighted by Gasteiger charge is 2.31. The second kappa shape index (κ2) is 10.2. The molecule has 5 rings (SSSR count). The van der Waals surface area contributed by atoms with Gasteiger partial charge in [-0.3, -0.25) is 9.59 Å². The first kappa shape index (κ1) is 24.7. The van der Waals surface area contributed by atoms with Gasteiger partial charge in [-0.15, -0.1) is 0 Å². The molecule has 1 aromatic carbocycles. The van der Waals surface area contributed by atoms with E-state index in [1.807, 2.05) is 25.1 Å². The van der Waals surface area contributed by atoms with Crippen molar-refractivity contribution in [3.8, 4) is 5.75 Å². The van der Waals surface area contributed by atoms with Crippen molar-refractivity contribution in [3.63, 3.8) is 0 Å². The molecule has 1 N–H and O–H groups in total. The van der Waals surface area contributed by atoms with Crippen LogP contribution in [0.2, 0.25) is 0 Å². The maximum Gasteiger partial charge on any atom is 0.307 e. The molecule has 3 heterocycles. The van der Waals surface area contributed by atoms with E-state index in [-0.39, 0.29) is 12.3 Å². The molecule has 0 saturated heterocycles. The topological polar surface area (TPSA) is 95.9 Å². The largest absolute Gasteiger partial charge is 0.493 e. The van der Waals surface area contributed by atoms with E-state index in [2.05, 4.69) is 9.97 Å². The fourth-order valence-electron chi connectivity index (χ4n) is 5.23. The summed E-state index contributed by atoms with van der Waals surface area (Å²) in [6, 6.07) is 8.36. The molecular formula is C28H29FN4O4. The lowest BCUT2D eigenvalue weighted by Crippen LogP contribution is -2.25. The number of ether oxygens (including phenoxy) is 1. The number of carbonyl (C=O) groups excluding carboxylic acids is 1. The average molecular weight is 505 g/mol. The van der Waals surface area contributed by atoms with Crippen molar-refractivity contribution >= 4 is 29.2 Å². The van der Waals surface area contributed by atoms with Gasteiger partial charge in [-0.1, -0.05) is 6.07 Å². The molecule has 0 saturated carbocycles. The van der Waals surface area contributed by atoms with Crippen LogP contribution in [-0.2, 0) is 30.5 Å². The minimum atomic E-state index is -0.831. The van der Waals surface area contributed by atoms with Gasteiger partial charge < -0.3 is 19.6 Å². The number of benzene rings is 1. The van der Waals surface area contributed by atoms with E-state index in [0.29, 0.717) is 42.5 Å². The van der Waals surface area contributed by atoms with Gasteiger partial charge in [0.25, 0.3) is 5.91 Å². The van der Waals surface area contributed by atoms with E-state index in [1.54, 1.807) is 24.2 Å². The van der Waals surface area contributed by atoms with E-state index in [4.69, 9.17) is 4.74 Å². The summed E-state index contributed by atoms with van der Waals surface area (Å²) in [5.41, 5.74) is 4.87. The summed E-state index contributed by atoms with van der Waals surface area (Å²) in [5.74, 6) is -0.0840. The van der Waals surface area contributed by atoms with E-state index in [9.17, 15) is 19.1 Å². The van der Waals surface area contributed by atoms with Crippen LogP contribution in [-0.4, -0.2) is 47.2 Å². The summed E-state index contributed by atoms with van der Waals surface area (Å²) in [4.78, 5) is 36.4. The molecule has 1 amide bonds. The van der Waals surface area contributed by atoms with Gasteiger partial charge in [-0.2, -0.15) is 9.37 Å². The lowest BCUT2D eigenvalue weighted by Gasteiger charge is -2.23. The number of carboxylic acid groups (broad SMARTS) is 1. The molecule has 0 unspecified atom stereocenters. The minimum absolute atomic E-state index is 0.0205. The quantitative estimate of drug-likeness (QED) is 0.474. The molecule has 0 spiro atoms. The molecule has 0 radical (unpaired) electrons. The summed E-state index contributed by atoms with van der Waals surface area (Å²) in [6.45, 7) is 2.76. The Bertz CT molecular complexity index is 1380. The second-order valence-electron chi connectivity index (χ2n) is 9.36. The lowest BCUT2D eigenvalue weighted by molar-refractivity contribution is -0.136. The van der Waals surface area contributed by atoms with E-state index < -0.39 is 11.9 Å². The maximum absolute atomic E-state index is 14.0. The second-order valence-corrected chi connectivity index (χ2v) is 9.36. The molecule has 0 atom stereocenters. The lowest BCUT2D eigenvalue weighted by atomic mass is 9.86. The van der Waals surface area contributed by atoms with Gasteiger partial charge in [0.2, 0.25) is 5.95 Å². The summed E-state index contributed by atoms with van der Waals surface area (Å²) < 4.78 is 20.1. The molecule has 37 heavy (non-hydrogen) atoms. The summed E-state index contributed by atoms with van der Waals surface area (Å²) in [5, 5.41) is 9.25. The molecule has 0 bridgehead atoms. The number of nitrogens with zero attached hydrogens (tertiary/aromatic N) is 4. The van der Waals surface area contributed by atoms with Gasteiger partial charge >= 0.3 is 5.97 Å². The number of aliphatic carboxylic acids is 1. The van der Waals surface area contributed by atoms with Crippen LogP contribution in [0.15, 0.2) is 36.5 Å². The van der Waals surface area contributed by atoms with Crippen molar-refractivity contribution in [1.82, 2.24) is 9.97 Å². The smallest absolute Gasteiger partial charge is 0.307 e. The molecular weight excluding hydrogens is 475 g/mol. The average Bonchev–Trinajstić information content (AvgIpc) is 2.97. The third-order valence-electron chi connectivity index (χ3n) is 7.05. The van der Waals surface area contributed by atoms with Gasteiger partial charge in [0.1, 0.15) is 11.6 Å². The number of halogens is 1. The summed E-state index contributed by atoms with van der Waals surface area (Å²) in [7, 11) is 1.65. The van der Waals surface area contributed by atoms with Crippen LogP contribution in [0.25, 0.3) is 0 Å². The number of hydrogen-bond donors (Lipinski definition) is 1. The Morgan fingerprint density at radius 2 is 1.92 bits per heavy atom. The number of rotatable bonds is 7. The highest BCUT2D eigenvalue weighted by Crippen LogP contribution is 2.38. The molecule has 1 aliphatic heterocycles. The van der Waals surface area contributed by atoms with Crippen LogP contribution in [0.1, 0.15) is 52.4 Å². The van der Waals surface area contributed by atoms with E-state index >= 15 is 0 Å². The normalized spacial score (nSPS) is 14.5. The van der Waals surface area contributed by atoms with Gasteiger partial charge in [-0.25, -0.2) is 4.98 Å². The fourth-order valence-corrected chi connectivity index (χ4v) is 5.23. The molecule has 9 heteroatoms. The number of aromatic nitrogens is 2. The molecule has 192 valence electrons. The Labute approximate surface area is 214 Å². The molecule has 2 aromatic heterocycles. The number of hydrogen-bond acceptors (Lipinski definition) is 6. The maximum atomic E-state index is 14.0. The Kier molecular flexibility index (Phi) is 6.78. The van der Waals surface area contributed by atoms with Crippen molar-refractivity contribution in [2.24, 2.45) is 0 Å². The summed E-state index contributed by atoms with van der Waals surface area (Å²) in [6.07, 6.45) is 6.12. The SMILES string of the molecule is CCN1c2ncc(CCOc3ccc(CC(=O)O)c4c3CCCC4)cc2C(=O)N(C)c2ccc(F)nc21. The highest BCUT2D eigenvalue weighted by atomic mass is 19.1. The van der Waals surface area contributed by atoms with Crippen LogP contribution in [0, 0.1) is 5.95 Å². The number of anilines is 3. The molecule has 2 aliphatic rings. The third-order valence-corrected chi connectivity index (χ3v) is 7.05. The van der Waals surface area contributed by atoms with Gasteiger partial charge in [-0.05, 0) is 79.1 Å². The first-order chi connectivity index (χ1) is 17.9. The van der Waals surface area contributed by atoms with E-state index in [0.717, 1.165) is 53.7 Å². The van der Waals surface area contributed by atoms with Crippen molar-refractivity contribution in [2.45, 2.75) is 45.4 Å². The van der Waals surface area contributed by atoms with Gasteiger partial charge in [0.05, 0.1) is 24.3 Å². The Morgan fingerprint density at radius 1 is 1.14 bits per heavy atom. The zero-order chi connectivity index (χ0) is 26.1. The molecule has 3 aromatic rings. The predicted octanol–water partition coefficient (Wildman–Crippen LogP) is 4.49. The van der Waals surface area contributed by atoms with Gasteiger partial charge in [0.15, 0.2) is 5.82 Å². The monoisotopic (exact) mass is 504 g/mol. The highest BCUT2D eigenvalue weighted by molar-refractivity contribution is 6.12. The predicted molar refractivity (Wildman–Crippen MR) is 137 cm³/mol. The van der Waals surface area contributed by atoms with Crippen molar-refractivity contribution in [1.29, 1.82) is 0 Å². The number of fused-ring (bicyclic) bond motifs is 3. The number of pyridine rings is 2. The number of carbonyl (C=O) groups is 2. The number of amides is 1. The van der Waals surface area contributed by atoms with Crippen LogP contribution in [0.4, 0.5) is 21.7 Å². The Hall–Kier alpha value is -4.01. The molecule has 0 fully saturated rings. The van der Waals surface area contributed by atoms with Crippen LogP contribution >= 0.6 is 0 Å². The first-order valence-electron chi connectivity index (χ1n) is 12.6. The van der Waals surface area contributed by atoms with Crippen LogP contribution in [0.3, 0.4) is 0 Å². The molecule has 1 aliphatic carbocycles. The summed E-state index contributed by atoms with van der Waals surface area (Å²) >= 11 is 0. The van der Waals surface area contributed by atoms with Crippen molar-refractivity contribution in [3.05, 3.63) is 70.3 Å². The zero-order valence-corrected chi connectivity index (χ0v) is 21.0. The van der Waals surface area contributed by atoms with E-state index in [1.165, 1.54) is 11.0 Å². The number of carboxylic acids is 1. The first-order valence-corrected chi connectivity index (χ1v) is 12.6. The van der Waals surface area contributed by atoms with Crippen molar-refractivity contribution < 1.29 is 23.8 Å². The minimum Gasteiger partial charge on any atom is -0.493 e.